The van der Waals surface area contributed by atoms with Gasteiger partial charge in [-0.3, -0.25) is 9.35 Å². The maximum atomic E-state index is 10.6. The molecular formula is C8H9F3NO4S-. The molecule has 1 atom stereocenters. The SMILES string of the molecule is NS(=O)[O-].O=C(O)C(F)(F)F.c1ccccc1. The maximum Gasteiger partial charge on any atom is 0.490 e. The van der Waals surface area contributed by atoms with Gasteiger partial charge >= 0.3 is 12.1 Å². The highest BCUT2D eigenvalue weighted by Crippen LogP contribution is 2.13. The van der Waals surface area contributed by atoms with Gasteiger partial charge in [0.05, 0.1) is 0 Å². The van der Waals surface area contributed by atoms with Crippen molar-refractivity contribution in [1.82, 2.24) is 0 Å². The number of carbonyl (C=O) groups is 1. The molecule has 9 heteroatoms. The van der Waals surface area contributed by atoms with Gasteiger partial charge in [0.25, 0.3) is 0 Å². The van der Waals surface area contributed by atoms with Crippen molar-refractivity contribution in [2.24, 2.45) is 5.14 Å². The van der Waals surface area contributed by atoms with Gasteiger partial charge in [0, 0.05) is 11.3 Å². The third kappa shape index (κ3) is 20.6. The quantitative estimate of drug-likeness (QED) is 0.689. The van der Waals surface area contributed by atoms with Crippen LogP contribution in [0.5, 0.6) is 0 Å². The average Bonchev–Trinajstić information content (AvgIpc) is 2.19. The van der Waals surface area contributed by atoms with E-state index in [1.165, 1.54) is 0 Å². The Kier molecular flexibility index (Phi) is 10.3. The van der Waals surface area contributed by atoms with Crippen LogP contribution in [0.4, 0.5) is 13.2 Å². The van der Waals surface area contributed by atoms with E-state index in [9.17, 15) is 13.2 Å². The molecule has 0 spiro atoms. The van der Waals surface area contributed by atoms with Crippen molar-refractivity contribution in [3.8, 4) is 0 Å². The molecule has 0 heterocycles. The van der Waals surface area contributed by atoms with Gasteiger partial charge in [-0.1, -0.05) is 36.4 Å². The van der Waals surface area contributed by atoms with E-state index in [4.69, 9.17) is 18.7 Å². The molecule has 1 aromatic carbocycles. The highest BCUT2D eigenvalue weighted by Gasteiger charge is 2.38. The van der Waals surface area contributed by atoms with E-state index in [0.717, 1.165) is 0 Å². The average molecular weight is 272 g/mol. The molecule has 5 nitrogen and oxygen atoms in total. The monoisotopic (exact) mass is 272 g/mol. The van der Waals surface area contributed by atoms with Crippen LogP contribution in [-0.2, 0) is 16.1 Å². The van der Waals surface area contributed by atoms with Crippen molar-refractivity contribution in [2.75, 3.05) is 0 Å². The Morgan fingerprint density at radius 3 is 1.29 bits per heavy atom. The number of alkyl halides is 3. The Bertz CT molecular complexity index is 301. The Labute approximate surface area is 97.5 Å². The van der Waals surface area contributed by atoms with Crippen molar-refractivity contribution >= 4 is 17.2 Å². The molecule has 1 unspecified atom stereocenters. The van der Waals surface area contributed by atoms with E-state index in [1.54, 1.807) is 0 Å². The summed E-state index contributed by atoms with van der Waals surface area (Å²) < 4.78 is 49.3. The predicted molar refractivity (Wildman–Crippen MR) is 53.2 cm³/mol. The Hall–Kier alpha value is -1.45. The first-order chi connectivity index (χ1) is 7.68. The van der Waals surface area contributed by atoms with Gasteiger partial charge < -0.3 is 9.66 Å². The van der Waals surface area contributed by atoms with E-state index in [1.807, 2.05) is 36.4 Å². The zero-order valence-corrected chi connectivity index (χ0v) is 9.07. The molecule has 0 aliphatic heterocycles. The number of carboxylic acids is 1. The fourth-order valence-corrected chi connectivity index (χ4v) is 0.385. The number of carboxylic acid groups (broad SMARTS) is 1. The number of hydrogen-bond donors (Lipinski definition) is 2. The van der Waals surface area contributed by atoms with Crippen molar-refractivity contribution in [3.05, 3.63) is 36.4 Å². The first-order valence-electron chi connectivity index (χ1n) is 3.81. The van der Waals surface area contributed by atoms with Crippen LogP contribution in [-0.4, -0.2) is 26.0 Å². The number of benzene rings is 1. The minimum Gasteiger partial charge on any atom is -0.760 e. The van der Waals surface area contributed by atoms with Crippen molar-refractivity contribution in [3.63, 3.8) is 0 Å². The minimum atomic E-state index is -5.08. The summed E-state index contributed by atoms with van der Waals surface area (Å²) >= 11 is -2.36. The van der Waals surface area contributed by atoms with Crippen LogP contribution in [0, 0.1) is 0 Å². The van der Waals surface area contributed by atoms with Crippen LogP contribution >= 0.6 is 0 Å². The van der Waals surface area contributed by atoms with Gasteiger partial charge in [0.2, 0.25) is 0 Å². The molecule has 0 amide bonds. The normalized spacial score (nSPS) is 11.1. The number of halogens is 3. The van der Waals surface area contributed by atoms with Crippen LogP contribution in [0.2, 0.25) is 0 Å². The van der Waals surface area contributed by atoms with Crippen LogP contribution < -0.4 is 5.14 Å². The second kappa shape index (κ2) is 9.75. The van der Waals surface area contributed by atoms with Crippen LogP contribution in [0.1, 0.15) is 0 Å². The number of hydrogen-bond acceptors (Lipinski definition) is 3. The Balaban J connectivity index is 0. The lowest BCUT2D eigenvalue weighted by Crippen LogP contribution is -2.21. The second-order valence-electron chi connectivity index (χ2n) is 2.22. The molecule has 0 saturated carbocycles. The molecule has 0 bridgehead atoms. The minimum absolute atomic E-state index is 2.00. The van der Waals surface area contributed by atoms with Crippen LogP contribution in [0.3, 0.4) is 0 Å². The molecule has 3 N–H and O–H groups in total. The third-order valence-electron chi connectivity index (χ3n) is 0.909. The summed E-state index contributed by atoms with van der Waals surface area (Å²) in [6, 6.07) is 12.0. The van der Waals surface area contributed by atoms with Crippen molar-refractivity contribution in [1.29, 1.82) is 0 Å². The summed E-state index contributed by atoms with van der Waals surface area (Å²) in [5.74, 6) is -2.76. The van der Waals surface area contributed by atoms with Crippen LogP contribution in [0.25, 0.3) is 0 Å². The highest BCUT2D eigenvalue weighted by molar-refractivity contribution is 7.76. The smallest absolute Gasteiger partial charge is 0.490 e. The highest BCUT2D eigenvalue weighted by atomic mass is 32.2. The summed E-state index contributed by atoms with van der Waals surface area (Å²) in [6.07, 6.45) is -5.08. The van der Waals surface area contributed by atoms with Gasteiger partial charge in [-0.2, -0.15) is 13.2 Å². The van der Waals surface area contributed by atoms with E-state index >= 15 is 0 Å². The van der Waals surface area contributed by atoms with Gasteiger partial charge in [-0.25, -0.2) is 4.79 Å². The summed E-state index contributed by atoms with van der Waals surface area (Å²) in [4.78, 5) is 8.90. The molecule has 17 heavy (non-hydrogen) atoms. The lowest BCUT2D eigenvalue weighted by atomic mass is 10.4. The summed E-state index contributed by atoms with van der Waals surface area (Å²) in [5, 5.41) is 11.2. The first kappa shape index (κ1) is 17.9. The largest absolute Gasteiger partial charge is 0.760 e. The molecule has 1 aromatic rings. The van der Waals surface area contributed by atoms with Gasteiger partial charge in [-0.15, -0.1) is 0 Å². The summed E-state index contributed by atoms with van der Waals surface area (Å²) in [5.41, 5.74) is 0. The zero-order chi connectivity index (χ0) is 13.9. The number of nitrogens with two attached hydrogens (primary N) is 1. The molecule has 1 rings (SSSR count). The lowest BCUT2D eigenvalue weighted by molar-refractivity contribution is -0.192. The van der Waals surface area contributed by atoms with Crippen molar-refractivity contribution < 1.29 is 31.8 Å². The van der Waals surface area contributed by atoms with E-state index in [2.05, 4.69) is 5.14 Å². The molecule has 0 aliphatic carbocycles. The fraction of sp³-hybridized carbons (Fsp3) is 0.125. The zero-order valence-electron chi connectivity index (χ0n) is 8.26. The Morgan fingerprint density at radius 2 is 1.24 bits per heavy atom. The molecule has 0 aromatic heterocycles. The second-order valence-corrected chi connectivity index (χ2v) is 2.74. The van der Waals surface area contributed by atoms with Gasteiger partial charge in [-0.05, 0) is 0 Å². The van der Waals surface area contributed by atoms with E-state index in [0.29, 0.717) is 0 Å². The predicted octanol–water partition coefficient (Wildman–Crippen LogP) is 1.06. The third-order valence-corrected chi connectivity index (χ3v) is 0.909. The number of rotatable bonds is 0. The van der Waals surface area contributed by atoms with Gasteiger partial charge in [0.15, 0.2) is 0 Å². The lowest BCUT2D eigenvalue weighted by Gasteiger charge is -1.93. The first-order valence-corrected chi connectivity index (χ1v) is 4.95. The summed E-state index contributed by atoms with van der Waals surface area (Å²) in [6.45, 7) is 0. The Morgan fingerprint density at radius 1 is 1.12 bits per heavy atom. The molecule has 0 fully saturated rings. The van der Waals surface area contributed by atoms with E-state index in [-0.39, 0.29) is 0 Å². The van der Waals surface area contributed by atoms with E-state index < -0.39 is 23.4 Å². The molecule has 0 saturated heterocycles. The molecule has 0 radical (unpaired) electrons. The maximum absolute atomic E-state index is 10.6. The molecule has 0 aliphatic rings. The fourth-order valence-electron chi connectivity index (χ4n) is 0.385. The topological polar surface area (TPSA) is 103 Å². The van der Waals surface area contributed by atoms with Crippen LogP contribution in [0.15, 0.2) is 36.4 Å². The molecular weight excluding hydrogens is 263 g/mol. The molecule has 98 valence electrons. The summed E-state index contributed by atoms with van der Waals surface area (Å²) in [7, 11) is 0. The van der Waals surface area contributed by atoms with Crippen molar-refractivity contribution in [2.45, 2.75) is 6.18 Å². The number of aliphatic carboxylic acids is 1. The van der Waals surface area contributed by atoms with Gasteiger partial charge in [0.1, 0.15) is 0 Å². The standard InChI is InChI=1S/C6H6.C2HF3O2.H3NO2S/c1-2-4-6-5-3-1;3-2(4,5)1(6)7;1-4(2)3/h1-6H;(H,6,7);1H2,(H,2,3)/p-1.